The minimum atomic E-state index is -1.38. The van der Waals surface area contributed by atoms with Crippen molar-refractivity contribution in [3.8, 4) is 22.3 Å². The molecule has 0 fully saturated rings. The van der Waals surface area contributed by atoms with E-state index in [1.54, 1.807) is 30.3 Å². The molecule has 0 bridgehead atoms. The van der Waals surface area contributed by atoms with Gasteiger partial charge in [-0.25, -0.2) is 0 Å². The topological polar surface area (TPSA) is 0 Å². The van der Waals surface area contributed by atoms with Crippen molar-refractivity contribution in [3.05, 3.63) is 179 Å². The second-order valence-electron chi connectivity index (χ2n) is 12.4. The molecule has 0 N–H and O–H groups in total. The molecule has 1 unspecified atom stereocenters. The van der Waals surface area contributed by atoms with Crippen LogP contribution in [-0.2, 0) is 28.8 Å². The van der Waals surface area contributed by atoms with Gasteiger partial charge in [0.05, 0.1) is 0 Å². The molecule has 0 nitrogen and oxygen atoms in total. The van der Waals surface area contributed by atoms with E-state index in [2.05, 4.69) is 159 Å². The van der Waals surface area contributed by atoms with Crippen molar-refractivity contribution in [1.82, 2.24) is 0 Å². The molecule has 8 rings (SSSR count). The Hall–Kier alpha value is -3.26. The van der Waals surface area contributed by atoms with Gasteiger partial charge in [0.15, 0.2) is 0 Å². The van der Waals surface area contributed by atoms with Crippen LogP contribution in [0.5, 0.6) is 0 Å². The number of allylic oxidation sites excluding steroid dienone is 1. The van der Waals surface area contributed by atoms with E-state index < -0.39 is 28.3 Å². The van der Waals surface area contributed by atoms with Gasteiger partial charge in [0, 0.05) is 0 Å². The largest absolute Gasteiger partial charge is 1.00 e. The summed E-state index contributed by atoms with van der Waals surface area (Å²) in [6, 6.07) is 55.2. The normalized spacial score (nSPS) is 13.8. The standard InChI is InChI=1S/C31H25.C12H11Si.2ClH.Zr/c1-2-10-23-20-29-24(21-11-4-3-5-12-21)15-8-17-27(29)31(23)28-18-9-16-26-25-14-7-6-13-22(25)19-30(26)28;1-3-7-11(8-4-1)13-12-9-5-2-6-10-12;;;/h3-9,11-17,20,31H,2,10,19H2,1H3;1-10,13H;2*1H;/q;;;;+2/p-2. The van der Waals surface area contributed by atoms with Crippen LogP contribution in [0.2, 0.25) is 0 Å². The fraction of sp³-hybridized carbons (Fsp3) is 0.116. The monoisotopic (exact) mass is 740 g/mol. The van der Waals surface area contributed by atoms with Gasteiger partial charge in [0.1, 0.15) is 0 Å². The molecule has 2 aliphatic rings. The summed E-state index contributed by atoms with van der Waals surface area (Å²) in [6.45, 7) is 2.34. The molecule has 1 atom stereocenters. The zero-order chi connectivity index (χ0) is 30.2. The Bertz CT molecular complexity index is 1980. The molecular weight excluding hydrogens is 707 g/mol. The first kappa shape index (κ1) is 33.6. The first-order chi connectivity index (χ1) is 22.3. The van der Waals surface area contributed by atoms with Gasteiger partial charge in [-0.05, 0) is 0 Å². The van der Waals surface area contributed by atoms with Crippen molar-refractivity contribution in [2.75, 3.05) is 0 Å². The molecule has 0 saturated heterocycles. The van der Waals surface area contributed by atoms with E-state index in [1.807, 2.05) is 0 Å². The summed E-state index contributed by atoms with van der Waals surface area (Å²) in [6.07, 6.45) is 5.91. The van der Waals surface area contributed by atoms with Gasteiger partial charge in [0.2, 0.25) is 0 Å². The van der Waals surface area contributed by atoms with E-state index >= 15 is 0 Å². The zero-order valence-electron chi connectivity index (χ0n) is 26.5. The molecule has 6 aromatic carbocycles. The number of hydrogen-bond donors (Lipinski definition) is 0. The van der Waals surface area contributed by atoms with Crippen LogP contribution in [0.25, 0.3) is 28.3 Å². The van der Waals surface area contributed by atoms with Crippen molar-refractivity contribution in [3.63, 3.8) is 0 Å². The third-order valence-corrected chi connectivity index (χ3v) is 22.8. The van der Waals surface area contributed by atoms with Crippen molar-refractivity contribution in [2.24, 2.45) is 0 Å². The molecule has 4 heteroatoms. The summed E-state index contributed by atoms with van der Waals surface area (Å²) in [5.74, 6) is -1.06. The average Bonchev–Trinajstić information content (AvgIpc) is 3.66. The van der Waals surface area contributed by atoms with Crippen LogP contribution in [0.4, 0.5) is 0 Å². The minimum absolute atomic E-state index is 0. The maximum absolute atomic E-state index is 2.58. The van der Waals surface area contributed by atoms with Gasteiger partial charge in [-0.15, -0.1) is 0 Å². The summed E-state index contributed by atoms with van der Waals surface area (Å²) in [5, 5.41) is 3.18. The number of rotatable bonds is 8. The van der Waals surface area contributed by atoms with Crippen LogP contribution >= 0.6 is 0 Å². The van der Waals surface area contributed by atoms with E-state index in [1.165, 1.54) is 38.9 Å². The number of fused-ring (bicyclic) bond motifs is 4. The average molecular weight is 743 g/mol. The summed E-state index contributed by atoms with van der Waals surface area (Å²) >= 11 is -1.04. The van der Waals surface area contributed by atoms with Crippen molar-refractivity contribution >= 4 is 25.6 Å². The maximum atomic E-state index is 2.58. The van der Waals surface area contributed by atoms with Gasteiger partial charge in [0.25, 0.3) is 0 Å². The van der Waals surface area contributed by atoms with Crippen LogP contribution in [0.1, 0.15) is 53.5 Å². The Morgan fingerprint density at radius 2 is 1.23 bits per heavy atom. The summed E-state index contributed by atoms with van der Waals surface area (Å²) in [4.78, 5) is 0. The third-order valence-electron chi connectivity index (χ3n) is 9.66. The van der Waals surface area contributed by atoms with Crippen molar-refractivity contribution < 1.29 is 47.2 Å². The minimum Gasteiger partial charge on any atom is -1.00 e. The zero-order valence-corrected chi connectivity index (χ0v) is 31.6. The Balaban J connectivity index is 0.00000193. The molecule has 0 aliphatic heterocycles. The first-order valence-electron chi connectivity index (χ1n) is 16.3. The van der Waals surface area contributed by atoms with Crippen LogP contribution in [0.15, 0.2) is 151 Å². The Labute approximate surface area is 304 Å². The van der Waals surface area contributed by atoms with Gasteiger partial charge >= 0.3 is 281 Å². The summed E-state index contributed by atoms with van der Waals surface area (Å²) in [5.41, 5.74) is 14.8. The predicted molar refractivity (Wildman–Crippen MR) is 190 cm³/mol. The van der Waals surface area contributed by atoms with Crippen molar-refractivity contribution in [2.45, 2.75) is 32.1 Å². The number of halogens is 2. The second-order valence-corrected chi connectivity index (χ2v) is 22.6. The van der Waals surface area contributed by atoms with E-state index in [0.717, 1.165) is 19.3 Å². The predicted octanol–water partition coefficient (Wildman–Crippen LogP) is 2.51. The molecule has 0 saturated carbocycles. The molecule has 47 heavy (non-hydrogen) atoms. The quantitative estimate of drug-likeness (QED) is 0.210. The van der Waals surface area contributed by atoms with E-state index in [-0.39, 0.29) is 24.8 Å². The second kappa shape index (κ2) is 14.9. The molecule has 0 radical (unpaired) electrons. The molecule has 230 valence electrons. The molecular formula is C43H36Cl2SiZr. The molecule has 6 aromatic rings. The third kappa shape index (κ3) is 6.34. The fourth-order valence-electron chi connectivity index (χ4n) is 7.68. The van der Waals surface area contributed by atoms with Gasteiger partial charge in [-0.1, -0.05) is 0 Å². The van der Waals surface area contributed by atoms with Crippen molar-refractivity contribution in [1.29, 1.82) is 0 Å². The SMILES string of the molecule is CCCC1=Cc2c(-c3ccccc3)cccc2C1c1[c]([Zr+2][SiH](c2ccccc2)c2ccccc2)ccc2c1Cc1ccccc1-2.[Cl-].[Cl-]. The Morgan fingerprint density at radius 3 is 1.91 bits per heavy atom. The molecule has 2 aliphatic carbocycles. The molecule has 0 amide bonds. The van der Waals surface area contributed by atoms with Crippen LogP contribution in [0, 0.1) is 0 Å². The van der Waals surface area contributed by atoms with Gasteiger partial charge in [-0.2, -0.15) is 0 Å². The Kier molecular flexibility index (Phi) is 10.6. The van der Waals surface area contributed by atoms with Gasteiger partial charge < -0.3 is 24.8 Å². The number of benzene rings is 6. The fourth-order valence-corrected chi connectivity index (χ4v) is 20.5. The molecule has 0 heterocycles. The van der Waals surface area contributed by atoms with E-state index in [4.69, 9.17) is 0 Å². The van der Waals surface area contributed by atoms with Crippen LogP contribution in [0.3, 0.4) is 0 Å². The van der Waals surface area contributed by atoms with E-state index in [9.17, 15) is 0 Å². The first-order valence-corrected chi connectivity index (χ1v) is 23.5. The number of hydrogen-bond acceptors (Lipinski definition) is 0. The maximum Gasteiger partial charge on any atom is -1.00 e. The summed E-state index contributed by atoms with van der Waals surface area (Å²) in [7, 11) is 0. The van der Waals surface area contributed by atoms with E-state index in [0.29, 0.717) is 5.92 Å². The van der Waals surface area contributed by atoms with Crippen LogP contribution < -0.4 is 38.5 Å². The Morgan fingerprint density at radius 1 is 0.617 bits per heavy atom. The van der Waals surface area contributed by atoms with Gasteiger partial charge in [-0.3, -0.25) is 0 Å². The smallest absolute Gasteiger partial charge is 1.00 e. The summed E-state index contributed by atoms with van der Waals surface area (Å²) < 4.78 is 1.71. The molecule has 0 spiro atoms. The molecule has 0 aromatic heterocycles. The van der Waals surface area contributed by atoms with Crippen LogP contribution in [-0.4, -0.2) is 5.92 Å².